The average Bonchev–Trinajstić information content (AvgIpc) is 1.82. The van der Waals surface area contributed by atoms with Crippen LogP contribution in [0.4, 0.5) is 10.1 Å². The summed E-state index contributed by atoms with van der Waals surface area (Å²) in [5, 5.41) is 8.91. The van der Waals surface area contributed by atoms with Crippen LogP contribution in [0.15, 0.2) is 16.6 Å². The minimum Gasteiger partial charge on any atom is -0.507 e. The third-order valence-electron chi connectivity index (χ3n) is 1.03. The van der Waals surface area contributed by atoms with Gasteiger partial charge in [-0.05, 0) is 22.0 Å². The number of nitrogen functional groups attached to an aromatic ring is 1. The molecule has 3 N–H and O–H groups in total. The Bertz CT molecular complexity index is 241. The van der Waals surface area contributed by atoms with Gasteiger partial charge in [0, 0.05) is 11.8 Å². The largest absolute Gasteiger partial charge is 0.507 e. The highest BCUT2D eigenvalue weighted by atomic mass is 79.9. The summed E-state index contributed by atoms with van der Waals surface area (Å²) in [6.45, 7) is 0. The summed E-state index contributed by atoms with van der Waals surface area (Å²) >= 11 is 2.83. The van der Waals surface area contributed by atoms with Crippen molar-refractivity contribution in [3.8, 4) is 5.75 Å². The van der Waals surface area contributed by atoms with Gasteiger partial charge in [0.2, 0.25) is 0 Å². The number of benzene rings is 1. The molecule has 0 heterocycles. The van der Waals surface area contributed by atoms with Gasteiger partial charge < -0.3 is 10.8 Å². The summed E-state index contributed by atoms with van der Waals surface area (Å²) < 4.78 is 12.6. The third-order valence-corrected chi connectivity index (χ3v) is 1.82. The van der Waals surface area contributed by atoms with E-state index in [1.807, 2.05) is 0 Å². The first-order valence-electron chi connectivity index (χ1n) is 2.54. The molecule has 0 atom stereocenters. The Morgan fingerprint density at radius 3 is 2.60 bits per heavy atom. The Hall–Kier alpha value is -0.770. The zero-order valence-corrected chi connectivity index (χ0v) is 6.52. The molecular formula is C6H5BrFNO. The van der Waals surface area contributed by atoms with Crippen molar-refractivity contribution in [2.24, 2.45) is 0 Å². The molecule has 54 valence electrons. The maximum atomic E-state index is 12.6. The predicted molar refractivity (Wildman–Crippen MR) is 40.2 cm³/mol. The van der Waals surface area contributed by atoms with Crippen molar-refractivity contribution in [1.82, 2.24) is 0 Å². The Morgan fingerprint density at radius 1 is 1.50 bits per heavy atom. The summed E-state index contributed by atoms with van der Waals surface area (Å²) in [5.41, 5.74) is 5.41. The molecule has 4 heteroatoms. The first-order valence-corrected chi connectivity index (χ1v) is 3.34. The van der Waals surface area contributed by atoms with E-state index in [1.54, 1.807) is 0 Å². The standard InChI is InChI=1S/C6H5BrFNO/c7-6-4(8)1-3(9)2-5(6)10/h1-2,10H,9H2. The number of aromatic hydroxyl groups is 1. The monoisotopic (exact) mass is 205 g/mol. The van der Waals surface area contributed by atoms with E-state index in [9.17, 15) is 4.39 Å². The highest BCUT2D eigenvalue weighted by molar-refractivity contribution is 9.10. The number of nitrogens with two attached hydrogens (primary N) is 1. The van der Waals surface area contributed by atoms with Gasteiger partial charge in [-0.1, -0.05) is 0 Å². The molecule has 0 saturated heterocycles. The van der Waals surface area contributed by atoms with Gasteiger partial charge in [0.15, 0.2) is 0 Å². The second-order valence-electron chi connectivity index (χ2n) is 1.84. The normalized spacial score (nSPS) is 9.80. The zero-order chi connectivity index (χ0) is 7.72. The van der Waals surface area contributed by atoms with Crippen molar-refractivity contribution in [1.29, 1.82) is 0 Å². The van der Waals surface area contributed by atoms with Crippen LogP contribution in [-0.4, -0.2) is 5.11 Å². The Labute approximate surface area is 65.6 Å². The van der Waals surface area contributed by atoms with E-state index in [1.165, 1.54) is 6.07 Å². The molecule has 0 aliphatic heterocycles. The van der Waals surface area contributed by atoms with Crippen LogP contribution >= 0.6 is 15.9 Å². The van der Waals surface area contributed by atoms with Crippen LogP contribution < -0.4 is 5.73 Å². The highest BCUT2D eigenvalue weighted by Crippen LogP contribution is 2.28. The van der Waals surface area contributed by atoms with E-state index in [-0.39, 0.29) is 15.9 Å². The molecule has 0 fully saturated rings. The first kappa shape index (κ1) is 7.34. The zero-order valence-electron chi connectivity index (χ0n) is 4.94. The summed E-state index contributed by atoms with van der Waals surface area (Å²) in [6, 6.07) is 2.40. The molecule has 0 aromatic heterocycles. The Morgan fingerprint density at radius 2 is 2.10 bits per heavy atom. The molecule has 0 aliphatic rings. The molecule has 0 spiro atoms. The third kappa shape index (κ3) is 1.21. The first-order chi connectivity index (χ1) is 4.61. The lowest BCUT2D eigenvalue weighted by atomic mass is 10.3. The number of phenolic OH excluding ortho intramolecular Hbond substituents is 1. The van der Waals surface area contributed by atoms with Crippen molar-refractivity contribution in [3.63, 3.8) is 0 Å². The lowest BCUT2D eigenvalue weighted by Gasteiger charge is -1.98. The molecule has 1 aromatic carbocycles. The van der Waals surface area contributed by atoms with Crippen molar-refractivity contribution in [3.05, 3.63) is 22.4 Å². The van der Waals surface area contributed by atoms with Gasteiger partial charge in [-0.25, -0.2) is 4.39 Å². The van der Waals surface area contributed by atoms with Crippen LogP contribution in [-0.2, 0) is 0 Å². The van der Waals surface area contributed by atoms with Gasteiger partial charge >= 0.3 is 0 Å². The highest BCUT2D eigenvalue weighted by Gasteiger charge is 2.04. The number of halogens is 2. The number of hydrogen-bond acceptors (Lipinski definition) is 2. The van der Waals surface area contributed by atoms with Gasteiger partial charge in [0.25, 0.3) is 0 Å². The fourth-order valence-corrected chi connectivity index (χ4v) is 0.824. The molecule has 0 bridgehead atoms. The molecular weight excluding hydrogens is 201 g/mol. The molecule has 0 aliphatic carbocycles. The van der Waals surface area contributed by atoms with E-state index in [4.69, 9.17) is 10.8 Å². The molecule has 0 saturated carbocycles. The van der Waals surface area contributed by atoms with E-state index >= 15 is 0 Å². The van der Waals surface area contributed by atoms with Crippen molar-refractivity contribution < 1.29 is 9.50 Å². The van der Waals surface area contributed by atoms with Crippen molar-refractivity contribution in [2.45, 2.75) is 0 Å². The lowest BCUT2D eigenvalue weighted by molar-refractivity contribution is 0.464. The molecule has 1 aromatic rings. The second kappa shape index (κ2) is 2.46. The van der Waals surface area contributed by atoms with Crippen LogP contribution in [0.2, 0.25) is 0 Å². The van der Waals surface area contributed by atoms with Crippen molar-refractivity contribution in [2.75, 3.05) is 5.73 Å². The van der Waals surface area contributed by atoms with Gasteiger partial charge in [-0.3, -0.25) is 0 Å². The molecule has 1 rings (SSSR count). The van der Waals surface area contributed by atoms with Crippen LogP contribution in [0.1, 0.15) is 0 Å². The summed E-state index contributed by atoms with van der Waals surface area (Å²) in [5.74, 6) is -0.741. The second-order valence-corrected chi connectivity index (χ2v) is 2.63. The Balaban J connectivity index is 3.31. The van der Waals surface area contributed by atoms with E-state index in [2.05, 4.69) is 15.9 Å². The smallest absolute Gasteiger partial charge is 0.143 e. The quantitative estimate of drug-likeness (QED) is 0.636. The van der Waals surface area contributed by atoms with E-state index in [0.29, 0.717) is 0 Å². The molecule has 0 radical (unpaired) electrons. The van der Waals surface area contributed by atoms with Gasteiger partial charge in [0.05, 0.1) is 4.47 Å². The van der Waals surface area contributed by atoms with Gasteiger partial charge in [-0.2, -0.15) is 0 Å². The number of anilines is 1. The summed E-state index contributed by atoms with van der Waals surface area (Å²) in [6.07, 6.45) is 0. The minimum absolute atomic E-state index is 0.0432. The van der Waals surface area contributed by atoms with Crippen LogP contribution in [0.25, 0.3) is 0 Å². The Kier molecular flexibility index (Phi) is 1.80. The fraction of sp³-hybridized carbons (Fsp3) is 0. The van der Waals surface area contributed by atoms with Crippen molar-refractivity contribution >= 4 is 21.6 Å². The van der Waals surface area contributed by atoms with Crippen LogP contribution in [0, 0.1) is 5.82 Å². The SMILES string of the molecule is Nc1cc(O)c(Br)c(F)c1. The fourth-order valence-electron chi connectivity index (χ4n) is 0.595. The van der Waals surface area contributed by atoms with E-state index in [0.717, 1.165) is 6.07 Å². The predicted octanol–water partition coefficient (Wildman–Crippen LogP) is 1.88. The molecule has 0 amide bonds. The number of phenols is 1. The van der Waals surface area contributed by atoms with Gasteiger partial charge in [-0.15, -0.1) is 0 Å². The van der Waals surface area contributed by atoms with Gasteiger partial charge in [0.1, 0.15) is 11.6 Å². The average molecular weight is 206 g/mol. The maximum absolute atomic E-state index is 12.6. The lowest BCUT2D eigenvalue weighted by Crippen LogP contribution is -1.86. The summed E-state index contributed by atoms with van der Waals surface area (Å²) in [7, 11) is 0. The van der Waals surface area contributed by atoms with Crippen LogP contribution in [0.3, 0.4) is 0 Å². The number of rotatable bonds is 0. The molecule has 0 unspecified atom stereocenters. The maximum Gasteiger partial charge on any atom is 0.143 e. The molecule has 10 heavy (non-hydrogen) atoms. The summed E-state index contributed by atoms with van der Waals surface area (Å²) in [4.78, 5) is 0. The number of hydrogen-bond donors (Lipinski definition) is 2. The minimum atomic E-state index is -0.558. The topological polar surface area (TPSA) is 46.2 Å². The molecule has 2 nitrogen and oxygen atoms in total. The van der Waals surface area contributed by atoms with E-state index < -0.39 is 5.82 Å². The van der Waals surface area contributed by atoms with Crippen LogP contribution in [0.5, 0.6) is 5.75 Å².